The Labute approximate surface area is 243 Å². The molecular formula is C28H39F5INO2SSi. The minimum atomic E-state index is -9.75. The van der Waals surface area contributed by atoms with Gasteiger partial charge in [-0.2, -0.15) is 0 Å². The molecular weight excluding hydrogens is 664 g/mol. The highest BCUT2D eigenvalue weighted by Gasteiger charge is 2.65. The first kappa shape index (κ1) is 31.2. The number of rotatable bonds is 6. The maximum atomic E-state index is 13.1. The van der Waals surface area contributed by atoms with Gasteiger partial charge in [-0.05, 0) is 107 Å². The van der Waals surface area contributed by atoms with Gasteiger partial charge in [-0.25, -0.2) is 0 Å². The maximum Gasteiger partial charge on any atom is 0.310 e. The van der Waals surface area contributed by atoms with Crippen molar-refractivity contribution in [1.82, 2.24) is 4.98 Å². The molecule has 0 bridgehead atoms. The first-order valence-corrected chi connectivity index (χ1v) is 19.2. The summed E-state index contributed by atoms with van der Waals surface area (Å²) in [5.41, 5.74) is 3.31. The van der Waals surface area contributed by atoms with Crippen LogP contribution in [-0.2, 0) is 10.8 Å². The molecule has 39 heavy (non-hydrogen) atoms. The van der Waals surface area contributed by atoms with Gasteiger partial charge in [0.25, 0.3) is 0 Å². The van der Waals surface area contributed by atoms with E-state index in [0.29, 0.717) is 25.0 Å². The normalized spacial score (nSPS) is 26.5. The molecule has 2 aromatic rings. The number of hydrogen-bond donors (Lipinski definition) is 1. The molecule has 3 nitrogen and oxygen atoms in total. The van der Waals surface area contributed by atoms with Crippen LogP contribution in [0.1, 0.15) is 94.5 Å². The third-order valence-electron chi connectivity index (χ3n) is 8.93. The molecule has 11 heteroatoms. The summed E-state index contributed by atoms with van der Waals surface area (Å²) in [6.07, 6.45) is 1.72. The lowest BCUT2D eigenvalue weighted by Crippen LogP contribution is -2.49. The van der Waals surface area contributed by atoms with Crippen LogP contribution in [0.25, 0.3) is 0 Å². The fourth-order valence-corrected chi connectivity index (χ4v) is 8.59. The second-order valence-corrected chi connectivity index (χ2v) is 21.8. The summed E-state index contributed by atoms with van der Waals surface area (Å²) in [5.74, 6) is 0.0878. The standard InChI is InChI=1S/C28H39F5INO2SSi/c1-17(2)22-12-21(34)25-23(35-22)15-28(16-24(25)37-39(6,7)27(3,4)5)13-19(14-28)26(36)18-8-10-20(11-9-18)38(29,30,31,32)33/h8-12,17,19,24,26,36H,13-16H2,1-7H3/t19?,24-,26?,28?/m0/s1. The van der Waals surface area contributed by atoms with Crippen molar-refractivity contribution in [1.29, 1.82) is 0 Å². The number of halogens is 6. The van der Waals surface area contributed by atoms with E-state index < -0.39 is 29.5 Å². The first-order valence-electron chi connectivity index (χ1n) is 13.3. The van der Waals surface area contributed by atoms with Gasteiger partial charge < -0.3 is 9.53 Å². The van der Waals surface area contributed by atoms with E-state index in [2.05, 4.69) is 76.4 Å². The number of benzene rings is 1. The van der Waals surface area contributed by atoms with Crippen LogP contribution in [-0.4, -0.2) is 18.4 Å². The van der Waals surface area contributed by atoms with E-state index in [-0.39, 0.29) is 34.0 Å². The highest BCUT2D eigenvalue weighted by Crippen LogP contribution is 3.02. The topological polar surface area (TPSA) is 42.4 Å². The van der Waals surface area contributed by atoms with Crippen LogP contribution >= 0.6 is 32.8 Å². The zero-order valence-corrected chi connectivity index (χ0v) is 27.5. The van der Waals surface area contributed by atoms with Crippen molar-refractivity contribution in [3.8, 4) is 0 Å². The number of pyridine rings is 1. The van der Waals surface area contributed by atoms with Gasteiger partial charge in [-0.3, -0.25) is 4.98 Å². The predicted molar refractivity (Wildman–Crippen MR) is 158 cm³/mol. The van der Waals surface area contributed by atoms with E-state index >= 15 is 0 Å². The van der Waals surface area contributed by atoms with E-state index in [9.17, 15) is 24.5 Å². The molecule has 1 N–H and O–H groups in total. The van der Waals surface area contributed by atoms with Crippen molar-refractivity contribution < 1.29 is 29.0 Å². The summed E-state index contributed by atoms with van der Waals surface area (Å²) in [5, 5.41) is 11.0. The molecule has 4 rings (SSSR count). The van der Waals surface area contributed by atoms with E-state index in [4.69, 9.17) is 9.41 Å². The molecule has 0 aliphatic heterocycles. The van der Waals surface area contributed by atoms with Gasteiger partial charge in [0.05, 0.1) is 12.2 Å². The Bertz CT molecular complexity index is 1260. The number of aliphatic hydroxyl groups is 1. The Kier molecular flexibility index (Phi) is 7.29. The van der Waals surface area contributed by atoms with Gasteiger partial charge in [0.15, 0.2) is 8.32 Å². The third-order valence-corrected chi connectivity index (χ3v) is 15.5. The molecule has 0 amide bonds. The smallest absolute Gasteiger partial charge is 0.310 e. The van der Waals surface area contributed by atoms with Crippen LogP contribution in [0.4, 0.5) is 19.4 Å². The summed E-state index contributed by atoms with van der Waals surface area (Å²) >= 11 is 2.39. The SMILES string of the molecule is CC(C)c1cc(I)c2c(n1)CC1(CC(C(O)c3ccc(S(F)(F)(F)(F)F)cc3)C1)C[C@@H]2O[Si](C)(C)C(C)(C)C. The fourth-order valence-electron chi connectivity index (χ4n) is 5.70. The second kappa shape index (κ2) is 9.12. The molecule has 1 unspecified atom stereocenters. The molecule has 1 spiro atoms. The van der Waals surface area contributed by atoms with Crippen molar-refractivity contribution in [2.75, 3.05) is 0 Å². The Morgan fingerprint density at radius 2 is 1.62 bits per heavy atom. The molecule has 1 heterocycles. The lowest BCUT2D eigenvalue weighted by molar-refractivity contribution is -0.0663. The van der Waals surface area contributed by atoms with Gasteiger partial charge in [0.2, 0.25) is 0 Å². The average Bonchev–Trinajstić information content (AvgIpc) is 2.73. The Morgan fingerprint density at radius 1 is 1.05 bits per heavy atom. The third kappa shape index (κ3) is 6.36. The summed E-state index contributed by atoms with van der Waals surface area (Å²) in [4.78, 5) is 3.12. The summed E-state index contributed by atoms with van der Waals surface area (Å²) < 4.78 is 73.8. The minimum absolute atomic E-state index is 0.0221. The quantitative estimate of drug-likeness (QED) is 0.185. The molecule has 0 radical (unpaired) electrons. The molecule has 1 saturated carbocycles. The zero-order valence-electron chi connectivity index (χ0n) is 23.5. The minimum Gasteiger partial charge on any atom is -0.410 e. The van der Waals surface area contributed by atoms with Crippen LogP contribution in [0.5, 0.6) is 0 Å². The highest BCUT2D eigenvalue weighted by atomic mass is 127. The summed E-state index contributed by atoms with van der Waals surface area (Å²) in [7, 11) is -11.9. The highest BCUT2D eigenvalue weighted by molar-refractivity contribution is 14.1. The van der Waals surface area contributed by atoms with Crippen LogP contribution in [0, 0.1) is 14.9 Å². The summed E-state index contributed by atoms with van der Waals surface area (Å²) in [6.45, 7) is 15.3. The van der Waals surface area contributed by atoms with Crippen molar-refractivity contribution in [3.05, 3.63) is 56.4 Å². The molecule has 1 aromatic carbocycles. The number of fused-ring (bicyclic) bond motifs is 1. The van der Waals surface area contributed by atoms with E-state index in [1.54, 1.807) is 0 Å². The summed E-state index contributed by atoms with van der Waals surface area (Å²) in [6, 6.07) is 4.86. The van der Waals surface area contributed by atoms with Gasteiger partial charge in [-0.1, -0.05) is 66.2 Å². The largest absolute Gasteiger partial charge is 0.410 e. The van der Waals surface area contributed by atoms with E-state index in [0.717, 1.165) is 45.5 Å². The lowest BCUT2D eigenvalue weighted by atomic mass is 9.53. The lowest BCUT2D eigenvalue weighted by Gasteiger charge is -2.54. The zero-order chi connectivity index (χ0) is 29.5. The number of aliphatic hydroxyl groups excluding tert-OH is 1. The van der Waals surface area contributed by atoms with Gasteiger partial charge in [0.1, 0.15) is 4.90 Å². The van der Waals surface area contributed by atoms with Crippen molar-refractivity contribution >= 4 is 41.1 Å². The fraction of sp³-hybridized carbons (Fsp3) is 0.607. The van der Waals surface area contributed by atoms with Crippen LogP contribution in [0.15, 0.2) is 35.2 Å². The molecule has 2 atom stereocenters. The Balaban J connectivity index is 1.60. The van der Waals surface area contributed by atoms with E-state index in [1.165, 1.54) is 0 Å². The Morgan fingerprint density at radius 3 is 2.10 bits per heavy atom. The number of nitrogens with zero attached hydrogens (tertiary/aromatic N) is 1. The predicted octanol–water partition coefficient (Wildman–Crippen LogP) is 10.6. The monoisotopic (exact) mass is 703 g/mol. The van der Waals surface area contributed by atoms with Gasteiger partial charge in [-0.15, -0.1) is 0 Å². The molecule has 220 valence electrons. The number of aromatic nitrogens is 1. The Hall–Kier alpha value is -0.763. The van der Waals surface area contributed by atoms with Gasteiger partial charge >= 0.3 is 10.2 Å². The van der Waals surface area contributed by atoms with Crippen molar-refractivity contribution in [2.24, 2.45) is 11.3 Å². The van der Waals surface area contributed by atoms with Crippen LogP contribution < -0.4 is 0 Å². The van der Waals surface area contributed by atoms with Crippen molar-refractivity contribution in [2.45, 2.75) is 101 Å². The maximum absolute atomic E-state index is 13.1. The second-order valence-electron chi connectivity index (χ2n) is 13.4. The molecule has 0 saturated heterocycles. The average molecular weight is 704 g/mol. The number of hydrogen-bond acceptors (Lipinski definition) is 3. The van der Waals surface area contributed by atoms with E-state index in [1.807, 2.05) is 0 Å². The van der Waals surface area contributed by atoms with Crippen molar-refractivity contribution in [3.63, 3.8) is 0 Å². The van der Waals surface area contributed by atoms with Crippen LogP contribution in [0.2, 0.25) is 18.1 Å². The molecule has 2 aliphatic rings. The molecule has 1 fully saturated rings. The molecule has 2 aliphatic carbocycles. The van der Waals surface area contributed by atoms with Gasteiger partial charge in [0, 0.05) is 20.5 Å². The van der Waals surface area contributed by atoms with Crippen LogP contribution in [0.3, 0.4) is 0 Å². The molecule has 1 aromatic heterocycles. The first-order chi connectivity index (χ1) is 17.4.